The van der Waals surface area contributed by atoms with Gasteiger partial charge in [-0.3, -0.25) is 4.79 Å². The van der Waals surface area contributed by atoms with Crippen LogP contribution >= 0.6 is 0 Å². The maximum Gasteiger partial charge on any atom is 0.416 e. The largest absolute Gasteiger partial charge is 0.416 e. The molecule has 0 fully saturated rings. The molecule has 0 spiro atoms. The van der Waals surface area contributed by atoms with E-state index in [2.05, 4.69) is 17.2 Å². The number of aliphatic hydroxyl groups excluding tert-OH is 1. The normalized spacial score (nSPS) is 13.1. The summed E-state index contributed by atoms with van der Waals surface area (Å²) in [5.74, 6) is -0.552. The topological polar surface area (TPSA) is 98.7 Å². The Morgan fingerprint density at radius 1 is 0.870 bits per heavy atom. The minimum Gasteiger partial charge on any atom is -0.390 e. The zero-order valence-corrected chi connectivity index (χ0v) is 26.3. The zero-order chi connectivity index (χ0) is 33.5. The smallest absolute Gasteiger partial charge is 0.390 e. The van der Waals surface area contributed by atoms with Crippen molar-refractivity contribution in [2.75, 3.05) is 17.1 Å². The molecule has 0 saturated heterocycles. The summed E-state index contributed by atoms with van der Waals surface area (Å²) in [6, 6.07) is 26.5. The number of benzene rings is 4. The van der Waals surface area contributed by atoms with Crippen molar-refractivity contribution in [3.8, 4) is 0 Å². The number of amides is 1. The Morgan fingerprint density at radius 3 is 2.09 bits per heavy atom. The van der Waals surface area contributed by atoms with Gasteiger partial charge in [-0.2, -0.15) is 13.2 Å². The van der Waals surface area contributed by atoms with Crippen LogP contribution in [0, 0.1) is 0 Å². The van der Waals surface area contributed by atoms with Gasteiger partial charge in [-0.25, -0.2) is 12.7 Å². The van der Waals surface area contributed by atoms with Gasteiger partial charge in [0.15, 0.2) is 0 Å². The summed E-state index contributed by atoms with van der Waals surface area (Å²) in [6.45, 7) is 5.76. The number of halogens is 3. The lowest BCUT2D eigenvalue weighted by Gasteiger charge is -2.26. The highest BCUT2D eigenvalue weighted by Crippen LogP contribution is 2.32. The Balaban J connectivity index is 1.60. The van der Waals surface area contributed by atoms with Crippen LogP contribution in [-0.2, 0) is 29.2 Å². The predicted octanol–water partition coefficient (Wildman–Crippen LogP) is 6.33. The second kappa shape index (κ2) is 14.8. The van der Waals surface area contributed by atoms with Crippen LogP contribution in [0.1, 0.15) is 39.5 Å². The zero-order valence-electron chi connectivity index (χ0n) is 25.5. The number of nitrogens with zero attached hydrogens (tertiary/aromatic N) is 1. The number of hydrogen-bond donors (Lipinski definition) is 3. The number of sulfonamides is 1. The second-order valence-electron chi connectivity index (χ2n) is 11.1. The van der Waals surface area contributed by atoms with Crippen molar-refractivity contribution in [1.29, 1.82) is 0 Å². The Morgan fingerprint density at radius 2 is 1.48 bits per heavy atom. The van der Waals surface area contributed by atoms with Crippen LogP contribution in [-0.4, -0.2) is 44.4 Å². The van der Waals surface area contributed by atoms with E-state index in [1.54, 1.807) is 55.5 Å². The van der Waals surface area contributed by atoms with Gasteiger partial charge in [-0.15, -0.1) is 0 Å². The summed E-state index contributed by atoms with van der Waals surface area (Å²) in [7, 11) is -3.82. The Kier molecular flexibility index (Phi) is 11.0. The summed E-state index contributed by atoms with van der Waals surface area (Å²) in [6.07, 6.45) is -4.27. The van der Waals surface area contributed by atoms with Crippen molar-refractivity contribution < 1.29 is 31.5 Å². The fourth-order valence-corrected chi connectivity index (χ4v) is 5.96. The summed E-state index contributed by atoms with van der Waals surface area (Å²) in [5.41, 5.74) is 2.41. The van der Waals surface area contributed by atoms with Crippen LogP contribution in [0.15, 0.2) is 110 Å². The van der Waals surface area contributed by atoms with E-state index in [0.717, 1.165) is 28.3 Å². The van der Waals surface area contributed by atoms with Crippen molar-refractivity contribution in [2.24, 2.45) is 0 Å². The Hall–Kier alpha value is -4.45. The lowest BCUT2D eigenvalue weighted by molar-refractivity contribution is -0.137. The molecule has 7 nitrogen and oxygen atoms in total. The number of nitrogens with one attached hydrogen (secondary N) is 2. The van der Waals surface area contributed by atoms with Gasteiger partial charge < -0.3 is 15.7 Å². The molecule has 4 aromatic rings. The first-order valence-electron chi connectivity index (χ1n) is 14.5. The molecule has 46 heavy (non-hydrogen) atoms. The molecular weight excluding hydrogens is 615 g/mol. The molecule has 4 aromatic carbocycles. The van der Waals surface area contributed by atoms with E-state index in [1.807, 2.05) is 30.3 Å². The molecule has 242 valence electrons. The highest BCUT2D eigenvalue weighted by Gasteiger charge is 2.30. The molecule has 0 aromatic heterocycles. The number of para-hydroxylation sites is 1. The molecule has 0 bridgehead atoms. The molecular formula is C35H36F3N3O4S. The van der Waals surface area contributed by atoms with Gasteiger partial charge in [-0.05, 0) is 66.4 Å². The molecule has 11 heteroatoms. The first-order valence-corrected chi connectivity index (χ1v) is 16.3. The standard InChI is InChI=1S/C35H36F3N3O4S/c1-24(2)27-19-28(21-31(20-27)41(46(3,44)45)30-15-8-5-9-16-30)34(43)40-32(18-25-11-6-4-7-12-25)33(42)23-39-22-26-13-10-14-29(17-26)35(36,37)38/h4-17,19-21,32-33,39,42H,1,18,22-23H2,2-3H3,(H,40,43)/t32-,33+/m0/s1. The molecule has 0 aliphatic rings. The summed E-state index contributed by atoms with van der Waals surface area (Å²) >= 11 is 0. The average molecular weight is 652 g/mol. The van der Waals surface area contributed by atoms with Crippen LogP contribution < -0.4 is 14.9 Å². The number of allylic oxidation sites excluding steroid dienone is 1. The number of aliphatic hydroxyl groups is 1. The van der Waals surface area contributed by atoms with Gasteiger partial charge in [0.05, 0.1) is 35.3 Å². The molecule has 0 unspecified atom stereocenters. The van der Waals surface area contributed by atoms with E-state index < -0.39 is 39.8 Å². The quantitative estimate of drug-likeness (QED) is 0.157. The SMILES string of the molecule is C=C(C)c1cc(C(=O)N[C@@H](Cc2ccccc2)[C@H](O)CNCc2cccc(C(F)(F)F)c2)cc(N(c2ccccc2)S(C)(=O)=O)c1. The number of anilines is 2. The highest BCUT2D eigenvalue weighted by molar-refractivity contribution is 7.92. The van der Waals surface area contributed by atoms with Crippen LogP contribution in [0.2, 0.25) is 0 Å². The minimum absolute atomic E-state index is 0.0268. The first kappa shape index (κ1) is 34.4. The third-order valence-electron chi connectivity index (χ3n) is 7.25. The van der Waals surface area contributed by atoms with Gasteiger partial charge in [-0.1, -0.05) is 78.9 Å². The van der Waals surface area contributed by atoms with Gasteiger partial charge in [0.1, 0.15) is 0 Å². The number of rotatable bonds is 13. The van der Waals surface area contributed by atoms with E-state index in [0.29, 0.717) is 22.4 Å². The molecule has 0 radical (unpaired) electrons. The number of carbonyl (C=O) groups excluding carboxylic acids is 1. The highest BCUT2D eigenvalue weighted by atomic mass is 32.2. The summed E-state index contributed by atoms with van der Waals surface area (Å²) < 4.78 is 66.4. The van der Waals surface area contributed by atoms with Gasteiger partial charge in [0.25, 0.3) is 5.91 Å². The molecule has 0 saturated carbocycles. The number of alkyl halides is 3. The number of hydrogen-bond acceptors (Lipinski definition) is 5. The van der Waals surface area contributed by atoms with Crippen molar-refractivity contribution in [3.63, 3.8) is 0 Å². The van der Waals surface area contributed by atoms with E-state index in [-0.39, 0.29) is 30.8 Å². The van der Waals surface area contributed by atoms with Crippen LogP contribution in [0.25, 0.3) is 5.57 Å². The Labute approximate surface area is 267 Å². The van der Waals surface area contributed by atoms with E-state index in [9.17, 15) is 31.5 Å². The molecule has 3 N–H and O–H groups in total. The fraction of sp³-hybridized carbons (Fsp3) is 0.229. The first-order chi connectivity index (χ1) is 21.7. The molecule has 1 amide bonds. The third kappa shape index (κ3) is 9.29. The molecule has 0 heterocycles. The lowest BCUT2D eigenvalue weighted by atomic mass is 9.99. The van der Waals surface area contributed by atoms with E-state index in [1.165, 1.54) is 12.1 Å². The molecule has 2 atom stereocenters. The lowest BCUT2D eigenvalue weighted by Crippen LogP contribution is -2.48. The molecule has 4 rings (SSSR count). The fourth-order valence-electron chi connectivity index (χ4n) is 4.97. The maximum atomic E-state index is 13.8. The molecule has 0 aliphatic heterocycles. The second-order valence-corrected chi connectivity index (χ2v) is 12.9. The van der Waals surface area contributed by atoms with Gasteiger partial charge >= 0.3 is 6.18 Å². The van der Waals surface area contributed by atoms with Crippen molar-refractivity contribution in [3.05, 3.63) is 138 Å². The van der Waals surface area contributed by atoms with E-state index >= 15 is 0 Å². The Bertz CT molecular complexity index is 1770. The van der Waals surface area contributed by atoms with Crippen LogP contribution in [0.5, 0.6) is 0 Å². The van der Waals surface area contributed by atoms with Crippen molar-refractivity contribution >= 4 is 32.9 Å². The maximum absolute atomic E-state index is 13.8. The predicted molar refractivity (Wildman–Crippen MR) is 175 cm³/mol. The van der Waals surface area contributed by atoms with Gasteiger partial charge in [0.2, 0.25) is 10.0 Å². The van der Waals surface area contributed by atoms with Crippen LogP contribution in [0.4, 0.5) is 24.5 Å². The summed E-state index contributed by atoms with van der Waals surface area (Å²) in [5, 5.41) is 17.1. The third-order valence-corrected chi connectivity index (χ3v) is 8.33. The van der Waals surface area contributed by atoms with Crippen LogP contribution in [0.3, 0.4) is 0 Å². The monoisotopic (exact) mass is 651 g/mol. The van der Waals surface area contributed by atoms with Crippen molar-refractivity contribution in [2.45, 2.75) is 38.2 Å². The number of carbonyl (C=O) groups is 1. The minimum atomic E-state index is -4.47. The van der Waals surface area contributed by atoms with E-state index in [4.69, 9.17) is 0 Å². The van der Waals surface area contributed by atoms with Gasteiger partial charge in [0, 0.05) is 18.7 Å². The average Bonchev–Trinajstić information content (AvgIpc) is 3.00. The van der Waals surface area contributed by atoms with Crippen molar-refractivity contribution in [1.82, 2.24) is 10.6 Å². The summed E-state index contributed by atoms with van der Waals surface area (Å²) in [4.78, 5) is 13.8. The molecule has 0 aliphatic carbocycles.